The number of carbonyl (C=O) groups is 1. The largest absolute Gasteiger partial charge is 0.465 e. The number of ether oxygens (including phenoxy) is 1. The summed E-state index contributed by atoms with van der Waals surface area (Å²) in [7, 11) is 0. The zero-order chi connectivity index (χ0) is 37.9. The number of hydrogen-bond acceptors (Lipinski definition) is 9. The van der Waals surface area contributed by atoms with Gasteiger partial charge in [-0.1, -0.05) is 93.6 Å². The molecule has 0 unspecified atom stereocenters. The van der Waals surface area contributed by atoms with Gasteiger partial charge in [-0.15, -0.1) is 11.8 Å². The van der Waals surface area contributed by atoms with Crippen LogP contribution in [0.2, 0.25) is 0 Å². The van der Waals surface area contributed by atoms with Crippen molar-refractivity contribution < 1.29 is 9.53 Å². The number of nitrogens with one attached hydrogen (secondary N) is 2. The standard InChI is InChI=1S/C44H40N8O2S/c1-43(2,3)24-44(4,5)42(53)54-21-12-22-55-25-19-20-32-33(23-25)41-51-39-31-18-11-10-17-30(31)37(49-39)47-35-27-14-7-6-13-26(27)34(45-35)46-36-28-15-8-9-16-29(28)38(48-36)50-40(32)52-41/h6-11,13-20,23H,12,21-22,24H2,1-5H3,(H2,45,46,47,48,49,50,51,52). The van der Waals surface area contributed by atoms with Crippen LogP contribution < -0.4 is 0 Å². The van der Waals surface area contributed by atoms with Crippen LogP contribution in [0.4, 0.5) is 0 Å². The molecule has 55 heavy (non-hydrogen) atoms. The fourth-order valence-electron chi connectivity index (χ4n) is 7.72. The third kappa shape index (κ3) is 6.62. The van der Waals surface area contributed by atoms with Crippen LogP contribution >= 0.6 is 11.8 Å². The van der Waals surface area contributed by atoms with E-state index in [1.807, 2.05) is 86.6 Å². The lowest BCUT2D eigenvalue weighted by Gasteiger charge is -2.30. The molecule has 2 aliphatic heterocycles. The maximum absolute atomic E-state index is 12.9. The monoisotopic (exact) mass is 744 g/mol. The molecule has 3 aromatic heterocycles. The summed E-state index contributed by atoms with van der Waals surface area (Å²) >= 11 is 1.72. The van der Waals surface area contributed by atoms with Gasteiger partial charge in [-0.25, -0.2) is 29.9 Å². The molecule has 7 aromatic rings. The van der Waals surface area contributed by atoms with Crippen LogP contribution in [-0.2, 0) is 9.53 Å². The number of thioether (sulfide) groups is 1. The van der Waals surface area contributed by atoms with Gasteiger partial charge in [-0.3, -0.25) is 4.79 Å². The lowest BCUT2D eigenvalue weighted by atomic mass is 9.76. The lowest BCUT2D eigenvalue weighted by molar-refractivity contribution is -0.155. The molecule has 0 amide bonds. The molecule has 4 aromatic carbocycles. The second-order valence-corrected chi connectivity index (χ2v) is 17.1. The van der Waals surface area contributed by atoms with Gasteiger partial charge in [0.05, 0.1) is 12.0 Å². The molecule has 10 nitrogen and oxygen atoms in total. The first-order valence-corrected chi connectivity index (χ1v) is 19.5. The molecule has 8 bridgehead atoms. The first-order chi connectivity index (χ1) is 26.5. The Bertz CT molecular complexity index is 2830. The van der Waals surface area contributed by atoms with E-state index in [9.17, 15) is 4.79 Å². The van der Waals surface area contributed by atoms with Crippen molar-refractivity contribution in [3.63, 3.8) is 0 Å². The molecule has 0 radical (unpaired) electrons. The Balaban J connectivity index is 1.16. The van der Waals surface area contributed by atoms with Crippen LogP contribution in [0.15, 0.2) is 95.9 Å². The normalized spacial score (nSPS) is 12.5. The number of aromatic nitrogens is 8. The first-order valence-electron chi connectivity index (χ1n) is 18.6. The molecule has 0 atom stereocenters. The number of benzene rings is 4. The molecule has 0 aliphatic carbocycles. The summed E-state index contributed by atoms with van der Waals surface area (Å²) in [5.74, 6) is 2.91. The second kappa shape index (κ2) is 13.4. The third-order valence-electron chi connectivity index (χ3n) is 9.84. The number of aromatic amines is 2. The molecule has 5 heterocycles. The van der Waals surface area contributed by atoms with Crippen molar-refractivity contribution in [3.05, 3.63) is 91.0 Å². The first kappa shape index (κ1) is 34.8. The fraction of sp³-hybridized carbons (Fsp3) is 0.250. The number of fused-ring (bicyclic) bond motifs is 20. The highest BCUT2D eigenvalue weighted by Gasteiger charge is 2.34. The zero-order valence-electron chi connectivity index (χ0n) is 31.4. The molecular formula is C44H40N8O2S. The summed E-state index contributed by atoms with van der Waals surface area (Å²) in [6.07, 6.45) is 1.50. The summed E-state index contributed by atoms with van der Waals surface area (Å²) in [6.45, 7) is 10.8. The molecule has 0 spiro atoms. The number of hydrogen-bond donors (Lipinski definition) is 2. The molecule has 0 saturated carbocycles. The molecule has 9 rings (SSSR count). The SMILES string of the molecule is CC(C)(C)CC(C)(C)C(=O)OCCCSc1ccc2c3nc4nc(nc5[nH]c(nc6nc(nc([nH]3)c2c1)-c1ccccc1-6)c1ccccc51)-c1ccccc1-4. The van der Waals surface area contributed by atoms with Crippen LogP contribution in [0, 0.1) is 10.8 Å². The van der Waals surface area contributed by atoms with E-state index < -0.39 is 5.41 Å². The average Bonchev–Trinajstić information content (AvgIpc) is 3.89. The summed E-state index contributed by atoms with van der Waals surface area (Å²) in [4.78, 5) is 51.4. The Morgan fingerprint density at radius 3 is 1.49 bits per heavy atom. The Morgan fingerprint density at radius 2 is 1.02 bits per heavy atom. The highest BCUT2D eigenvalue weighted by atomic mass is 32.2. The van der Waals surface area contributed by atoms with E-state index in [1.165, 1.54) is 0 Å². The van der Waals surface area contributed by atoms with E-state index in [-0.39, 0.29) is 11.4 Å². The second-order valence-electron chi connectivity index (χ2n) is 15.9. The van der Waals surface area contributed by atoms with Crippen LogP contribution in [-0.4, -0.2) is 58.2 Å². The van der Waals surface area contributed by atoms with Gasteiger partial charge in [0.2, 0.25) is 0 Å². The van der Waals surface area contributed by atoms with Gasteiger partial charge in [-0.2, -0.15) is 0 Å². The fourth-order valence-corrected chi connectivity index (χ4v) is 8.58. The maximum Gasteiger partial charge on any atom is 0.311 e. The number of H-pyrrole nitrogens is 2. The Kier molecular flexibility index (Phi) is 8.49. The van der Waals surface area contributed by atoms with Gasteiger partial charge in [0.1, 0.15) is 22.6 Å². The molecule has 274 valence electrons. The van der Waals surface area contributed by atoms with Crippen LogP contribution in [0.3, 0.4) is 0 Å². The molecule has 0 fully saturated rings. The van der Waals surface area contributed by atoms with Gasteiger partial charge >= 0.3 is 5.97 Å². The quantitative estimate of drug-likeness (QED) is 0.0928. The van der Waals surface area contributed by atoms with Crippen molar-refractivity contribution in [2.75, 3.05) is 12.4 Å². The lowest BCUT2D eigenvalue weighted by Crippen LogP contribution is -2.31. The minimum Gasteiger partial charge on any atom is -0.465 e. The predicted molar refractivity (Wildman–Crippen MR) is 220 cm³/mol. The molecular weight excluding hydrogens is 705 g/mol. The number of carbonyl (C=O) groups excluding carboxylic acids is 1. The summed E-state index contributed by atoms with van der Waals surface area (Å²) in [6, 6.07) is 30.4. The van der Waals surface area contributed by atoms with Gasteiger partial charge in [0.25, 0.3) is 0 Å². The van der Waals surface area contributed by atoms with Crippen molar-refractivity contribution in [2.45, 2.75) is 52.4 Å². The van der Waals surface area contributed by atoms with Crippen molar-refractivity contribution in [2.24, 2.45) is 10.8 Å². The molecule has 2 N–H and O–H groups in total. The van der Waals surface area contributed by atoms with Crippen molar-refractivity contribution >= 4 is 61.9 Å². The smallest absolute Gasteiger partial charge is 0.311 e. The zero-order valence-corrected chi connectivity index (χ0v) is 32.2. The van der Waals surface area contributed by atoms with Crippen molar-refractivity contribution in [1.29, 1.82) is 0 Å². The topological polar surface area (TPSA) is 135 Å². The third-order valence-corrected chi connectivity index (χ3v) is 10.9. The van der Waals surface area contributed by atoms with E-state index in [0.717, 1.165) is 67.3 Å². The summed E-state index contributed by atoms with van der Waals surface area (Å²) < 4.78 is 5.72. The molecule has 2 aliphatic rings. The van der Waals surface area contributed by atoms with E-state index in [0.29, 0.717) is 52.5 Å². The Morgan fingerprint density at radius 1 is 0.582 bits per heavy atom. The minimum atomic E-state index is -0.527. The molecule has 0 saturated heterocycles. The maximum atomic E-state index is 12.9. The van der Waals surface area contributed by atoms with E-state index in [4.69, 9.17) is 34.6 Å². The summed E-state index contributed by atoms with van der Waals surface area (Å²) in [5, 5.41) is 3.69. The number of rotatable bonds is 7. The number of esters is 1. The average molecular weight is 745 g/mol. The Hall–Kier alpha value is -5.94. The highest BCUT2D eigenvalue weighted by Crippen LogP contribution is 2.38. The predicted octanol–water partition coefficient (Wildman–Crippen LogP) is 10.4. The van der Waals surface area contributed by atoms with Crippen LogP contribution in [0.5, 0.6) is 0 Å². The van der Waals surface area contributed by atoms with Crippen molar-refractivity contribution in [3.8, 4) is 45.6 Å². The van der Waals surface area contributed by atoms with Gasteiger partial charge in [0, 0.05) is 54.4 Å². The Labute approximate surface area is 322 Å². The van der Waals surface area contributed by atoms with Gasteiger partial charge < -0.3 is 14.7 Å². The van der Waals surface area contributed by atoms with E-state index in [1.54, 1.807) is 11.8 Å². The van der Waals surface area contributed by atoms with E-state index in [2.05, 4.69) is 48.9 Å². The van der Waals surface area contributed by atoms with Crippen LogP contribution in [0.25, 0.3) is 89.7 Å². The van der Waals surface area contributed by atoms with Crippen LogP contribution in [0.1, 0.15) is 47.5 Å². The van der Waals surface area contributed by atoms with Gasteiger partial charge in [-0.05, 0) is 50.3 Å². The minimum absolute atomic E-state index is 0.0409. The van der Waals surface area contributed by atoms with Gasteiger partial charge in [0.15, 0.2) is 23.3 Å². The molecule has 11 heteroatoms. The number of nitrogens with zero attached hydrogens (tertiary/aromatic N) is 6. The highest BCUT2D eigenvalue weighted by molar-refractivity contribution is 7.99. The van der Waals surface area contributed by atoms with Crippen molar-refractivity contribution in [1.82, 2.24) is 39.9 Å². The van der Waals surface area contributed by atoms with E-state index >= 15 is 0 Å². The summed E-state index contributed by atoms with van der Waals surface area (Å²) in [5.41, 5.74) is 5.72.